The minimum absolute atomic E-state index is 0.0556. The third-order valence-electron chi connectivity index (χ3n) is 2.78. The van der Waals surface area contributed by atoms with E-state index in [0.29, 0.717) is 18.6 Å². The van der Waals surface area contributed by atoms with Gasteiger partial charge < -0.3 is 5.32 Å². The second-order valence-electron chi connectivity index (χ2n) is 5.05. The van der Waals surface area contributed by atoms with Crippen molar-refractivity contribution in [3.8, 4) is 0 Å². The fourth-order valence-corrected chi connectivity index (χ4v) is 2.23. The first-order valence-corrected chi connectivity index (χ1v) is 9.24. The lowest BCUT2D eigenvalue weighted by Crippen LogP contribution is -2.24. The molecule has 0 spiro atoms. The monoisotopic (exact) mass is 336 g/mol. The number of rotatable bonds is 3. The van der Waals surface area contributed by atoms with Crippen molar-refractivity contribution >= 4 is 27.6 Å². The van der Waals surface area contributed by atoms with Crippen LogP contribution in [0.25, 0.3) is 0 Å². The molecule has 0 saturated carbocycles. The Morgan fingerprint density at radius 3 is 1.86 bits per heavy atom. The molecule has 130 valence electrons. The van der Waals surface area contributed by atoms with Gasteiger partial charge in [-0.2, -0.15) is 0 Å². The van der Waals surface area contributed by atoms with Crippen LogP contribution in [0, 0.1) is 5.92 Å². The Labute approximate surface area is 133 Å². The highest BCUT2D eigenvalue weighted by Gasteiger charge is 2.32. The maximum Gasteiger partial charge on any atom is 0.232 e. The first-order chi connectivity index (χ1) is 9.99. The topological polar surface area (TPSA) is 101 Å². The van der Waals surface area contributed by atoms with Crippen molar-refractivity contribution in [2.75, 3.05) is 26.1 Å². The van der Waals surface area contributed by atoms with E-state index in [-0.39, 0.29) is 23.6 Å². The first-order valence-electron chi connectivity index (χ1n) is 7.18. The van der Waals surface area contributed by atoms with Crippen LogP contribution >= 0.6 is 0 Å². The van der Waals surface area contributed by atoms with E-state index in [1.807, 2.05) is 13.8 Å². The molecule has 1 fully saturated rings. The van der Waals surface area contributed by atoms with Crippen LogP contribution in [-0.4, -0.2) is 57.1 Å². The van der Waals surface area contributed by atoms with E-state index in [0.717, 1.165) is 6.42 Å². The molecule has 1 saturated heterocycles. The summed E-state index contributed by atoms with van der Waals surface area (Å²) >= 11 is 0. The van der Waals surface area contributed by atoms with Crippen LogP contribution in [0.5, 0.6) is 0 Å². The highest BCUT2D eigenvalue weighted by molar-refractivity contribution is 7.90. The number of hydrogen-bond acceptors (Lipinski definition) is 5. The lowest BCUT2D eigenvalue weighted by atomic mass is 10.1. The summed E-state index contributed by atoms with van der Waals surface area (Å²) in [5.41, 5.74) is 0. The third kappa shape index (κ3) is 11.2. The maximum absolute atomic E-state index is 10.8. The Morgan fingerprint density at radius 1 is 1.32 bits per heavy atom. The van der Waals surface area contributed by atoms with Gasteiger partial charge in [-0.1, -0.05) is 20.8 Å². The molecule has 22 heavy (non-hydrogen) atoms. The van der Waals surface area contributed by atoms with E-state index >= 15 is 0 Å². The lowest BCUT2D eigenvalue weighted by Gasteiger charge is -2.03. The van der Waals surface area contributed by atoms with Crippen molar-refractivity contribution in [3.05, 3.63) is 0 Å². The van der Waals surface area contributed by atoms with Crippen LogP contribution in [0.2, 0.25) is 0 Å². The molecule has 1 rings (SSSR count). The number of nitrogens with one attached hydrogen (secondary N) is 1. The Balaban J connectivity index is 0. The van der Waals surface area contributed by atoms with Crippen LogP contribution in [-0.2, 0) is 24.2 Å². The maximum atomic E-state index is 10.8. The highest BCUT2D eigenvalue weighted by atomic mass is 32.2. The van der Waals surface area contributed by atoms with E-state index in [9.17, 15) is 22.8 Å². The van der Waals surface area contributed by atoms with Gasteiger partial charge >= 0.3 is 0 Å². The van der Waals surface area contributed by atoms with Crippen molar-refractivity contribution < 1.29 is 22.8 Å². The zero-order valence-electron chi connectivity index (χ0n) is 14.3. The number of sulfone groups is 1. The molecule has 1 atom stereocenters. The second-order valence-corrected chi connectivity index (χ2v) is 7.31. The smallest absolute Gasteiger partial charge is 0.232 e. The molecule has 7 nitrogen and oxygen atoms in total. The minimum atomic E-state index is -2.67. The standard InChI is InChI=1S/C6H9NO2.C4H9NO.C4H10O2S/c1-4-3-5(8)7(2)6(4)9;1-3-4(6)5-2;1-3-4-7(2,5)6/h4H,3H2,1-2H3;3H2,1-2H3,(H,5,6);3-4H2,1-2H3. The second kappa shape index (κ2) is 11.2. The van der Waals surface area contributed by atoms with Gasteiger partial charge in [0.1, 0.15) is 9.84 Å². The van der Waals surface area contributed by atoms with Crippen LogP contribution in [0.1, 0.15) is 40.0 Å². The lowest BCUT2D eigenvalue weighted by molar-refractivity contribution is -0.137. The molecular formula is C14H28N2O5S. The molecule has 3 amide bonds. The average Bonchev–Trinajstić information content (AvgIpc) is 2.64. The number of hydrogen-bond donors (Lipinski definition) is 1. The predicted octanol–water partition coefficient (Wildman–Crippen LogP) is 0.595. The van der Waals surface area contributed by atoms with Gasteiger partial charge in [0.15, 0.2) is 0 Å². The van der Waals surface area contributed by atoms with Crippen molar-refractivity contribution in [1.82, 2.24) is 10.2 Å². The van der Waals surface area contributed by atoms with Crippen LogP contribution in [0.15, 0.2) is 0 Å². The van der Waals surface area contributed by atoms with Crippen molar-refractivity contribution in [1.29, 1.82) is 0 Å². The van der Waals surface area contributed by atoms with E-state index in [1.54, 1.807) is 14.0 Å². The highest BCUT2D eigenvalue weighted by Crippen LogP contribution is 2.15. The molecule has 0 aromatic carbocycles. The van der Waals surface area contributed by atoms with Gasteiger partial charge in [0.05, 0.1) is 0 Å². The third-order valence-corrected chi connectivity index (χ3v) is 3.93. The molecule has 0 aromatic rings. The normalized spacial score (nSPS) is 17.2. The van der Waals surface area contributed by atoms with Crippen LogP contribution in [0.3, 0.4) is 0 Å². The average molecular weight is 336 g/mol. The molecule has 1 heterocycles. The number of amides is 3. The number of nitrogens with zero attached hydrogens (tertiary/aromatic N) is 1. The van der Waals surface area contributed by atoms with Gasteiger partial charge in [0.2, 0.25) is 17.7 Å². The summed E-state index contributed by atoms with van der Waals surface area (Å²) in [4.78, 5) is 32.8. The SMILES string of the molecule is CC1CC(=O)N(C)C1=O.CCC(=O)NC.CCCS(C)(=O)=O. The summed E-state index contributed by atoms with van der Waals surface area (Å²) in [6, 6.07) is 0. The van der Waals surface area contributed by atoms with Crippen LogP contribution < -0.4 is 5.32 Å². The van der Waals surface area contributed by atoms with Gasteiger partial charge in [-0.25, -0.2) is 8.42 Å². The zero-order valence-corrected chi connectivity index (χ0v) is 15.1. The Morgan fingerprint density at radius 2 is 1.82 bits per heavy atom. The van der Waals surface area contributed by atoms with Crippen LogP contribution in [0.4, 0.5) is 0 Å². The quantitative estimate of drug-likeness (QED) is 0.760. The number of carbonyl (C=O) groups is 3. The van der Waals surface area contributed by atoms with E-state index in [1.165, 1.54) is 18.2 Å². The largest absolute Gasteiger partial charge is 0.359 e. The molecule has 0 aromatic heterocycles. The summed E-state index contributed by atoms with van der Waals surface area (Å²) < 4.78 is 20.5. The fourth-order valence-electron chi connectivity index (χ4n) is 1.49. The molecule has 1 aliphatic rings. The number of imide groups is 1. The molecule has 1 N–H and O–H groups in total. The summed E-state index contributed by atoms with van der Waals surface area (Å²) in [6.45, 7) is 5.43. The Kier molecular flexibility index (Phi) is 11.6. The number of carbonyl (C=O) groups excluding carboxylic acids is 3. The molecule has 1 unspecified atom stereocenters. The van der Waals surface area contributed by atoms with Crippen molar-refractivity contribution in [2.24, 2.45) is 5.92 Å². The van der Waals surface area contributed by atoms with Gasteiger partial charge in [-0.05, 0) is 6.42 Å². The van der Waals surface area contributed by atoms with E-state index in [2.05, 4.69) is 5.32 Å². The molecule has 0 aliphatic carbocycles. The minimum Gasteiger partial charge on any atom is -0.359 e. The summed E-state index contributed by atoms with van der Waals surface area (Å²) in [6.07, 6.45) is 2.93. The Hall–Kier alpha value is -1.44. The first kappa shape index (κ1) is 22.8. The summed E-state index contributed by atoms with van der Waals surface area (Å²) in [5, 5.41) is 2.48. The van der Waals surface area contributed by atoms with Gasteiger partial charge in [-0.15, -0.1) is 0 Å². The van der Waals surface area contributed by atoms with Gasteiger partial charge in [-0.3, -0.25) is 19.3 Å². The van der Waals surface area contributed by atoms with E-state index < -0.39 is 9.84 Å². The summed E-state index contributed by atoms with van der Waals surface area (Å²) in [5.74, 6) is 0.192. The zero-order chi connectivity index (χ0) is 17.9. The molecule has 0 bridgehead atoms. The molecule has 1 aliphatic heterocycles. The number of likely N-dealkylation sites (tertiary alicyclic amines) is 1. The van der Waals surface area contributed by atoms with Crippen molar-refractivity contribution in [2.45, 2.75) is 40.0 Å². The fraction of sp³-hybridized carbons (Fsp3) is 0.786. The summed E-state index contributed by atoms with van der Waals surface area (Å²) in [7, 11) is 0.479. The van der Waals surface area contributed by atoms with Gasteiger partial charge in [0, 0.05) is 44.9 Å². The molecular weight excluding hydrogens is 308 g/mol. The van der Waals surface area contributed by atoms with Gasteiger partial charge in [0.25, 0.3) is 0 Å². The molecule has 0 radical (unpaired) electrons. The Bertz CT molecular complexity index is 468. The van der Waals surface area contributed by atoms with Crippen molar-refractivity contribution in [3.63, 3.8) is 0 Å². The predicted molar refractivity (Wildman–Crippen MR) is 85.9 cm³/mol. The van der Waals surface area contributed by atoms with E-state index in [4.69, 9.17) is 0 Å². The molecule has 8 heteroatoms.